The average Bonchev–Trinajstić information content (AvgIpc) is 2.00. The molecule has 3 heteroatoms. The number of pyridine rings is 1. The second-order valence-corrected chi connectivity index (χ2v) is 2.56. The minimum atomic E-state index is 0.792. The van der Waals surface area contributed by atoms with Crippen LogP contribution in [-0.4, -0.2) is 4.98 Å². The average molecular weight is 250 g/mol. The van der Waals surface area contributed by atoms with E-state index >= 15 is 0 Å². The quantitative estimate of drug-likeness (QED) is 0.717. The molecule has 10 heavy (non-hydrogen) atoms. The number of halogens is 1. The summed E-state index contributed by atoms with van der Waals surface area (Å²) < 4.78 is 1.00. The third-order valence-corrected chi connectivity index (χ3v) is 1.71. The van der Waals surface area contributed by atoms with Crippen LogP contribution in [0.3, 0.4) is 0 Å². The number of nitrogens with zero attached hydrogens (tertiary/aromatic N) is 1. The first-order valence-electron chi connectivity index (χ1n) is 3.15. The zero-order valence-corrected chi connectivity index (χ0v) is 8.29. The van der Waals surface area contributed by atoms with Crippen molar-refractivity contribution in [3.63, 3.8) is 0 Å². The molecule has 56 valence electrons. The SMILES string of the molecule is CC.Nc1ccncc1I. The summed E-state index contributed by atoms with van der Waals surface area (Å²) in [4.78, 5) is 3.86. The van der Waals surface area contributed by atoms with Crippen molar-refractivity contribution >= 4 is 28.3 Å². The molecule has 0 amide bonds. The van der Waals surface area contributed by atoms with Crippen molar-refractivity contribution in [2.75, 3.05) is 5.73 Å². The minimum absolute atomic E-state index is 0.792. The molecule has 2 N–H and O–H groups in total. The monoisotopic (exact) mass is 250 g/mol. The Hall–Kier alpha value is -0.320. The molecule has 1 rings (SSSR count). The third-order valence-electron chi connectivity index (χ3n) is 0.804. The maximum atomic E-state index is 5.47. The lowest BCUT2D eigenvalue weighted by Gasteiger charge is -1.91. The van der Waals surface area contributed by atoms with Crippen molar-refractivity contribution in [1.82, 2.24) is 4.98 Å². The molecule has 0 saturated heterocycles. The number of aromatic nitrogens is 1. The van der Waals surface area contributed by atoms with Gasteiger partial charge in [0, 0.05) is 18.1 Å². The van der Waals surface area contributed by atoms with Gasteiger partial charge in [-0.2, -0.15) is 0 Å². The largest absolute Gasteiger partial charge is 0.398 e. The van der Waals surface area contributed by atoms with Crippen molar-refractivity contribution in [2.45, 2.75) is 13.8 Å². The highest BCUT2D eigenvalue weighted by molar-refractivity contribution is 14.1. The molecule has 0 radical (unpaired) electrons. The summed E-state index contributed by atoms with van der Waals surface area (Å²) in [6.45, 7) is 4.00. The molecule has 0 unspecified atom stereocenters. The van der Waals surface area contributed by atoms with E-state index in [0.29, 0.717) is 0 Å². The summed E-state index contributed by atoms with van der Waals surface area (Å²) in [6, 6.07) is 1.78. The molecule has 1 aromatic heterocycles. The second kappa shape index (κ2) is 5.46. The zero-order chi connectivity index (χ0) is 7.98. The van der Waals surface area contributed by atoms with Crippen LogP contribution >= 0.6 is 22.6 Å². The fourth-order valence-corrected chi connectivity index (χ4v) is 0.727. The standard InChI is InChI=1S/C5H5IN2.C2H6/c6-4-3-8-2-1-5(4)7;1-2/h1-3H,(H2,7,8);1-2H3. The molecular weight excluding hydrogens is 239 g/mol. The topological polar surface area (TPSA) is 38.9 Å². The van der Waals surface area contributed by atoms with Crippen LogP contribution in [0, 0.1) is 3.57 Å². The molecule has 2 nitrogen and oxygen atoms in total. The number of nitrogen functional groups attached to an aromatic ring is 1. The van der Waals surface area contributed by atoms with Crippen LogP contribution in [0.15, 0.2) is 18.5 Å². The van der Waals surface area contributed by atoms with Crippen LogP contribution in [0.4, 0.5) is 5.69 Å². The number of rotatable bonds is 0. The highest BCUT2D eigenvalue weighted by atomic mass is 127. The van der Waals surface area contributed by atoms with E-state index in [9.17, 15) is 0 Å². The Bertz CT molecular complexity index is 168. The number of nitrogens with two attached hydrogens (primary N) is 1. The summed E-state index contributed by atoms with van der Waals surface area (Å²) in [5, 5.41) is 0. The summed E-state index contributed by atoms with van der Waals surface area (Å²) in [5.74, 6) is 0. The minimum Gasteiger partial charge on any atom is -0.398 e. The zero-order valence-electron chi connectivity index (χ0n) is 6.13. The normalized spacial score (nSPS) is 7.90. The summed E-state index contributed by atoms with van der Waals surface area (Å²) in [6.07, 6.45) is 3.41. The predicted molar refractivity (Wildman–Crippen MR) is 52.7 cm³/mol. The molecule has 0 aliphatic heterocycles. The molecule has 1 heterocycles. The Morgan fingerprint density at radius 3 is 2.40 bits per heavy atom. The van der Waals surface area contributed by atoms with Crippen LogP contribution < -0.4 is 5.73 Å². The van der Waals surface area contributed by atoms with E-state index in [1.54, 1.807) is 18.5 Å². The fourth-order valence-electron chi connectivity index (χ4n) is 0.386. The lowest BCUT2D eigenvalue weighted by atomic mass is 10.4. The van der Waals surface area contributed by atoms with Gasteiger partial charge < -0.3 is 5.73 Å². The summed E-state index contributed by atoms with van der Waals surface area (Å²) in [7, 11) is 0. The van der Waals surface area contributed by atoms with Crippen LogP contribution in [-0.2, 0) is 0 Å². The molecule has 1 aromatic rings. The van der Waals surface area contributed by atoms with E-state index in [0.717, 1.165) is 9.26 Å². The number of hydrogen-bond acceptors (Lipinski definition) is 2. The molecule has 0 aliphatic carbocycles. The van der Waals surface area contributed by atoms with E-state index in [-0.39, 0.29) is 0 Å². The first-order chi connectivity index (χ1) is 4.80. The van der Waals surface area contributed by atoms with Crippen LogP contribution in [0.1, 0.15) is 13.8 Å². The molecular formula is C7H11IN2. The highest BCUT2D eigenvalue weighted by Crippen LogP contribution is 2.09. The van der Waals surface area contributed by atoms with Crippen molar-refractivity contribution < 1.29 is 0 Å². The van der Waals surface area contributed by atoms with E-state index in [2.05, 4.69) is 27.6 Å². The van der Waals surface area contributed by atoms with Gasteiger partial charge in [0.1, 0.15) is 0 Å². The van der Waals surface area contributed by atoms with Gasteiger partial charge in [0.25, 0.3) is 0 Å². The van der Waals surface area contributed by atoms with E-state index in [4.69, 9.17) is 5.73 Å². The van der Waals surface area contributed by atoms with Crippen molar-refractivity contribution in [3.8, 4) is 0 Å². The summed E-state index contributed by atoms with van der Waals surface area (Å²) in [5.41, 5.74) is 6.26. The molecule has 0 fully saturated rings. The summed E-state index contributed by atoms with van der Waals surface area (Å²) >= 11 is 2.14. The number of hydrogen-bond donors (Lipinski definition) is 1. The number of anilines is 1. The maximum absolute atomic E-state index is 5.47. The maximum Gasteiger partial charge on any atom is 0.0543 e. The van der Waals surface area contributed by atoms with Gasteiger partial charge in [-0.1, -0.05) is 13.8 Å². The second-order valence-electron chi connectivity index (χ2n) is 1.40. The molecule has 0 atom stereocenters. The van der Waals surface area contributed by atoms with Crippen LogP contribution in [0.5, 0.6) is 0 Å². The van der Waals surface area contributed by atoms with E-state index in [1.807, 2.05) is 13.8 Å². The lowest BCUT2D eigenvalue weighted by Crippen LogP contribution is -1.87. The molecule has 0 saturated carbocycles. The molecule has 0 aromatic carbocycles. The van der Waals surface area contributed by atoms with E-state index in [1.165, 1.54) is 0 Å². The first-order valence-corrected chi connectivity index (χ1v) is 4.23. The van der Waals surface area contributed by atoms with Crippen LogP contribution in [0.25, 0.3) is 0 Å². The van der Waals surface area contributed by atoms with Crippen molar-refractivity contribution in [1.29, 1.82) is 0 Å². The van der Waals surface area contributed by atoms with E-state index < -0.39 is 0 Å². The van der Waals surface area contributed by atoms with Gasteiger partial charge >= 0.3 is 0 Å². The van der Waals surface area contributed by atoms with Gasteiger partial charge in [-0.05, 0) is 28.7 Å². The molecule has 0 bridgehead atoms. The Kier molecular flexibility index (Phi) is 5.29. The highest BCUT2D eigenvalue weighted by Gasteiger charge is 1.87. The smallest absolute Gasteiger partial charge is 0.0543 e. The lowest BCUT2D eigenvalue weighted by molar-refractivity contribution is 1.31. The predicted octanol–water partition coefficient (Wildman–Crippen LogP) is 2.29. The Morgan fingerprint density at radius 2 is 2.10 bits per heavy atom. The fraction of sp³-hybridized carbons (Fsp3) is 0.286. The van der Waals surface area contributed by atoms with Gasteiger partial charge in [0.05, 0.1) is 3.57 Å². The third kappa shape index (κ3) is 3.00. The molecule has 0 spiro atoms. The van der Waals surface area contributed by atoms with Gasteiger partial charge in [-0.15, -0.1) is 0 Å². The van der Waals surface area contributed by atoms with Gasteiger partial charge in [-0.3, -0.25) is 4.98 Å². The van der Waals surface area contributed by atoms with Gasteiger partial charge in [-0.25, -0.2) is 0 Å². The Morgan fingerprint density at radius 1 is 1.50 bits per heavy atom. The van der Waals surface area contributed by atoms with Crippen molar-refractivity contribution in [2.24, 2.45) is 0 Å². The Balaban J connectivity index is 0.000000371. The Labute approximate surface area is 75.0 Å². The molecule has 0 aliphatic rings. The first kappa shape index (κ1) is 9.68. The van der Waals surface area contributed by atoms with Gasteiger partial charge in [0.2, 0.25) is 0 Å². The van der Waals surface area contributed by atoms with Gasteiger partial charge in [0.15, 0.2) is 0 Å². The van der Waals surface area contributed by atoms with Crippen LogP contribution in [0.2, 0.25) is 0 Å². The van der Waals surface area contributed by atoms with Crippen molar-refractivity contribution in [3.05, 3.63) is 22.0 Å².